The number of carbonyl (C=O) groups excluding carboxylic acids is 1. The summed E-state index contributed by atoms with van der Waals surface area (Å²) in [5.74, 6) is 0.167. The van der Waals surface area contributed by atoms with Crippen molar-refractivity contribution >= 4 is 21.6 Å². The predicted octanol–water partition coefficient (Wildman–Crippen LogP) is 3.16. The number of benzene rings is 2. The Morgan fingerprint density at radius 2 is 1.89 bits per heavy atom. The van der Waals surface area contributed by atoms with Gasteiger partial charge in [-0.3, -0.25) is 4.79 Å². The summed E-state index contributed by atoms with van der Waals surface area (Å²) >= 11 is 0. The number of anilines is 1. The molecular weight excluding hydrogens is 380 g/mol. The lowest BCUT2D eigenvalue weighted by Gasteiger charge is -2.10. The summed E-state index contributed by atoms with van der Waals surface area (Å²) in [7, 11) is -2.17. The number of nitrogens with one attached hydrogen (secondary N) is 2. The SMILES string of the molecule is COCc1cccc(C(=O)Nc2cccc(S(=O)(=O)NCc3ccco3)c2)c1. The number of ether oxygens (including phenoxy) is 1. The summed E-state index contributed by atoms with van der Waals surface area (Å²) in [6.07, 6.45) is 1.47. The van der Waals surface area contributed by atoms with Crippen LogP contribution in [-0.2, 0) is 27.9 Å². The highest BCUT2D eigenvalue weighted by atomic mass is 32.2. The predicted molar refractivity (Wildman–Crippen MR) is 104 cm³/mol. The minimum Gasteiger partial charge on any atom is -0.468 e. The molecule has 0 atom stereocenters. The normalized spacial score (nSPS) is 11.3. The number of furan rings is 1. The quantitative estimate of drug-likeness (QED) is 0.605. The van der Waals surface area contributed by atoms with E-state index in [4.69, 9.17) is 9.15 Å². The van der Waals surface area contributed by atoms with E-state index in [1.165, 1.54) is 18.4 Å². The highest BCUT2D eigenvalue weighted by Crippen LogP contribution is 2.17. The van der Waals surface area contributed by atoms with Crippen molar-refractivity contribution < 1.29 is 22.4 Å². The van der Waals surface area contributed by atoms with Crippen LogP contribution in [0, 0.1) is 0 Å². The summed E-state index contributed by atoms with van der Waals surface area (Å²) in [6, 6.07) is 16.4. The molecule has 0 fully saturated rings. The van der Waals surface area contributed by atoms with E-state index in [-0.39, 0.29) is 17.3 Å². The van der Waals surface area contributed by atoms with Gasteiger partial charge in [-0.25, -0.2) is 13.1 Å². The molecule has 3 aromatic rings. The lowest BCUT2D eigenvalue weighted by molar-refractivity contribution is 0.102. The van der Waals surface area contributed by atoms with Crippen LogP contribution in [0.1, 0.15) is 21.7 Å². The van der Waals surface area contributed by atoms with E-state index in [1.54, 1.807) is 49.6 Å². The summed E-state index contributed by atoms with van der Waals surface area (Å²) in [6.45, 7) is 0.439. The Kier molecular flexibility index (Phi) is 6.25. The number of hydrogen-bond donors (Lipinski definition) is 2. The molecule has 28 heavy (non-hydrogen) atoms. The van der Waals surface area contributed by atoms with E-state index < -0.39 is 10.0 Å². The fourth-order valence-electron chi connectivity index (χ4n) is 2.58. The topological polar surface area (TPSA) is 97.6 Å². The molecule has 1 aromatic heterocycles. The average molecular weight is 400 g/mol. The van der Waals surface area contributed by atoms with Gasteiger partial charge in [0.2, 0.25) is 10.0 Å². The van der Waals surface area contributed by atoms with Crippen LogP contribution < -0.4 is 10.0 Å². The third-order valence-electron chi connectivity index (χ3n) is 3.92. The third-order valence-corrected chi connectivity index (χ3v) is 5.32. The number of hydrogen-bond acceptors (Lipinski definition) is 5. The Bertz CT molecular complexity index is 1050. The minimum absolute atomic E-state index is 0.0399. The van der Waals surface area contributed by atoms with Gasteiger partial charge >= 0.3 is 0 Å². The van der Waals surface area contributed by atoms with Crippen LogP contribution in [-0.4, -0.2) is 21.4 Å². The highest BCUT2D eigenvalue weighted by Gasteiger charge is 2.16. The van der Waals surface area contributed by atoms with Crippen molar-refractivity contribution in [1.29, 1.82) is 0 Å². The molecule has 3 rings (SSSR count). The monoisotopic (exact) mass is 400 g/mol. The zero-order valence-corrected chi connectivity index (χ0v) is 16.0. The molecule has 8 heteroatoms. The lowest BCUT2D eigenvalue weighted by atomic mass is 10.1. The fraction of sp³-hybridized carbons (Fsp3) is 0.150. The number of carbonyl (C=O) groups is 1. The zero-order chi connectivity index (χ0) is 20.0. The molecule has 0 saturated heterocycles. The van der Waals surface area contributed by atoms with Gasteiger partial charge in [-0.2, -0.15) is 0 Å². The molecule has 0 spiro atoms. The van der Waals surface area contributed by atoms with Crippen LogP contribution in [0.15, 0.2) is 76.2 Å². The van der Waals surface area contributed by atoms with Crippen LogP contribution in [0.2, 0.25) is 0 Å². The molecule has 0 aliphatic carbocycles. The second-order valence-electron chi connectivity index (χ2n) is 6.02. The van der Waals surface area contributed by atoms with E-state index in [9.17, 15) is 13.2 Å². The first kappa shape index (κ1) is 19.8. The van der Waals surface area contributed by atoms with Gasteiger partial charge in [-0.05, 0) is 48.0 Å². The smallest absolute Gasteiger partial charge is 0.255 e. The van der Waals surface area contributed by atoms with E-state index in [2.05, 4.69) is 10.0 Å². The van der Waals surface area contributed by atoms with Gasteiger partial charge < -0.3 is 14.5 Å². The largest absolute Gasteiger partial charge is 0.468 e. The van der Waals surface area contributed by atoms with Crippen LogP contribution >= 0.6 is 0 Å². The summed E-state index contributed by atoms with van der Waals surface area (Å²) < 4.78 is 37.6. The Labute approximate surface area is 163 Å². The lowest BCUT2D eigenvalue weighted by Crippen LogP contribution is -2.23. The van der Waals surface area contributed by atoms with Gasteiger partial charge in [0.05, 0.1) is 24.3 Å². The number of rotatable bonds is 8. The molecule has 0 aliphatic heterocycles. The number of methoxy groups -OCH3 is 1. The molecule has 0 unspecified atom stereocenters. The molecule has 0 bridgehead atoms. The van der Waals surface area contributed by atoms with Crippen molar-refractivity contribution in [3.63, 3.8) is 0 Å². The minimum atomic E-state index is -3.75. The standard InChI is InChI=1S/C20H20N2O5S/c1-26-14-15-5-2-6-16(11-15)20(23)22-17-7-3-9-19(12-17)28(24,25)21-13-18-8-4-10-27-18/h2-12,21H,13-14H2,1H3,(H,22,23). The van der Waals surface area contributed by atoms with Gasteiger partial charge in [0.25, 0.3) is 5.91 Å². The molecule has 2 aromatic carbocycles. The van der Waals surface area contributed by atoms with Gasteiger partial charge in [-0.15, -0.1) is 0 Å². The van der Waals surface area contributed by atoms with Crippen molar-refractivity contribution in [1.82, 2.24) is 4.72 Å². The Morgan fingerprint density at radius 3 is 2.64 bits per heavy atom. The molecular formula is C20H20N2O5S. The van der Waals surface area contributed by atoms with E-state index in [1.807, 2.05) is 6.07 Å². The first-order valence-electron chi connectivity index (χ1n) is 8.49. The van der Waals surface area contributed by atoms with Crippen molar-refractivity contribution in [2.75, 3.05) is 12.4 Å². The zero-order valence-electron chi connectivity index (χ0n) is 15.2. The highest BCUT2D eigenvalue weighted by molar-refractivity contribution is 7.89. The van der Waals surface area contributed by atoms with Crippen LogP contribution in [0.25, 0.3) is 0 Å². The van der Waals surface area contributed by atoms with Crippen LogP contribution in [0.5, 0.6) is 0 Å². The maximum atomic E-state index is 12.5. The second kappa shape index (κ2) is 8.83. The third kappa shape index (κ3) is 5.07. The Morgan fingerprint density at radius 1 is 1.07 bits per heavy atom. The summed E-state index contributed by atoms with van der Waals surface area (Å²) in [5.41, 5.74) is 1.70. The number of amides is 1. The molecule has 0 radical (unpaired) electrons. The molecule has 146 valence electrons. The molecule has 7 nitrogen and oxygen atoms in total. The van der Waals surface area contributed by atoms with Crippen LogP contribution in [0.4, 0.5) is 5.69 Å². The molecule has 1 heterocycles. The van der Waals surface area contributed by atoms with E-state index >= 15 is 0 Å². The number of sulfonamides is 1. The summed E-state index contributed by atoms with van der Waals surface area (Å²) in [4.78, 5) is 12.5. The van der Waals surface area contributed by atoms with Crippen LogP contribution in [0.3, 0.4) is 0 Å². The fourth-order valence-corrected chi connectivity index (χ4v) is 3.61. The van der Waals surface area contributed by atoms with Gasteiger partial charge in [0, 0.05) is 18.4 Å². The summed E-state index contributed by atoms with van der Waals surface area (Å²) in [5, 5.41) is 2.72. The van der Waals surface area contributed by atoms with Gasteiger partial charge in [-0.1, -0.05) is 18.2 Å². The van der Waals surface area contributed by atoms with E-state index in [0.717, 1.165) is 5.56 Å². The maximum Gasteiger partial charge on any atom is 0.255 e. The van der Waals surface area contributed by atoms with Gasteiger partial charge in [0.15, 0.2) is 0 Å². The maximum absolute atomic E-state index is 12.5. The van der Waals surface area contributed by atoms with E-state index in [0.29, 0.717) is 23.6 Å². The van der Waals surface area contributed by atoms with Crippen molar-refractivity contribution in [2.45, 2.75) is 18.0 Å². The van der Waals surface area contributed by atoms with Crippen molar-refractivity contribution in [3.8, 4) is 0 Å². The molecule has 1 amide bonds. The van der Waals surface area contributed by atoms with Crippen molar-refractivity contribution in [3.05, 3.63) is 83.8 Å². The second-order valence-corrected chi connectivity index (χ2v) is 7.79. The molecule has 0 aliphatic rings. The van der Waals surface area contributed by atoms with Crippen molar-refractivity contribution in [2.24, 2.45) is 0 Å². The first-order chi connectivity index (χ1) is 13.5. The Balaban J connectivity index is 1.72. The molecule has 0 saturated carbocycles. The molecule has 2 N–H and O–H groups in total. The Hall–Kier alpha value is -2.94. The van der Waals surface area contributed by atoms with Gasteiger partial charge in [0.1, 0.15) is 5.76 Å². The average Bonchev–Trinajstić information content (AvgIpc) is 3.21. The first-order valence-corrected chi connectivity index (χ1v) is 9.97.